The van der Waals surface area contributed by atoms with Crippen molar-refractivity contribution < 1.29 is 9.90 Å². The van der Waals surface area contributed by atoms with Crippen LogP contribution in [0.25, 0.3) is 11.1 Å². The number of rotatable bonds is 5. The Kier molecular flexibility index (Phi) is 5.74. The van der Waals surface area contributed by atoms with Gasteiger partial charge in [0.25, 0.3) is 0 Å². The smallest absolute Gasteiger partial charge is 0.336 e. The van der Waals surface area contributed by atoms with Crippen LogP contribution in [0, 0.1) is 11.8 Å². The molecule has 0 fully saturated rings. The average Bonchev–Trinajstić information content (AvgIpc) is 3.08. The Morgan fingerprint density at radius 1 is 1.22 bits per heavy atom. The first-order valence-electron chi connectivity index (χ1n) is 8.43. The van der Waals surface area contributed by atoms with Gasteiger partial charge in [-0.05, 0) is 28.7 Å². The molecular weight excluding hydrogens is 358 g/mol. The fourth-order valence-electron chi connectivity index (χ4n) is 2.66. The molecule has 2 aromatic carbocycles. The van der Waals surface area contributed by atoms with Gasteiger partial charge >= 0.3 is 5.97 Å². The molecule has 0 aliphatic heterocycles. The summed E-state index contributed by atoms with van der Waals surface area (Å²) in [6.45, 7) is 2.48. The van der Waals surface area contributed by atoms with Gasteiger partial charge in [-0.25, -0.2) is 9.48 Å². The normalized spacial score (nSPS) is 10.1. The summed E-state index contributed by atoms with van der Waals surface area (Å²) in [6.07, 6.45) is 0.734. The van der Waals surface area contributed by atoms with Crippen molar-refractivity contribution >= 4 is 23.6 Å². The Labute approximate surface area is 162 Å². The number of benzene rings is 2. The molecule has 0 atom stereocenters. The molecule has 0 aliphatic rings. The highest BCUT2D eigenvalue weighted by molar-refractivity contribution is 7.79. The zero-order valence-electron chi connectivity index (χ0n) is 14.7. The summed E-state index contributed by atoms with van der Waals surface area (Å²) in [6, 6.07) is 14.7. The van der Waals surface area contributed by atoms with E-state index < -0.39 is 5.97 Å². The highest BCUT2D eigenvalue weighted by Gasteiger charge is 2.11. The van der Waals surface area contributed by atoms with Gasteiger partial charge in [0.15, 0.2) is 5.82 Å². The van der Waals surface area contributed by atoms with Crippen LogP contribution in [0.3, 0.4) is 0 Å². The monoisotopic (exact) mass is 375 g/mol. The fourth-order valence-corrected chi connectivity index (χ4v) is 2.76. The van der Waals surface area contributed by atoms with Gasteiger partial charge < -0.3 is 5.11 Å². The van der Waals surface area contributed by atoms with Crippen molar-refractivity contribution in [2.45, 2.75) is 19.9 Å². The van der Waals surface area contributed by atoms with E-state index in [1.54, 1.807) is 22.9 Å². The summed E-state index contributed by atoms with van der Waals surface area (Å²) in [5.74, 6) is 6.11. The molecular formula is C21H17N3O2S. The molecule has 0 aliphatic carbocycles. The Bertz CT molecular complexity index is 1040. The lowest BCUT2D eigenvalue weighted by atomic mass is 9.99. The number of carboxylic acids is 1. The summed E-state index contributed by atoms with van der Waals surface area (Å²) >= 11 is 4.91. The molecule has 0 saturated carbocycles. The number of thiocarbonyl (C=S) groups is 1. The van der Waals surface area contributed by atoms with E-state index in [4.69, 9.17) is 12.2 Å². The minimum atomic E-state index is -0.941. The van der Waals surface area contributed by atoms with Crippen LogP contribution in [-0.2, 0) is 6.54 Å². The van der Waals surface area contributed by atoms with Crippen molar-refractivity contribution in [3.8, 4) is 23.0 Å². The first-order chi connectivity index (χ1) is 13.1. The number of aromatic nitrogens is 3. The predicted octanol–water partition coefficient (Wildman–Crippen LogP) is 3.80. The third-order valence-electron chi connectivity index (χ3n) is 3.93. The number of hydrogen-bond donors (Lipinski definition) is 1. The Hall–Kier alpha value is -3.30. The maximum absolute atomic E-state index is 11.4. The zero-order chi connectivity index (χ0) is 19.2. The second kappa shape index (κ2) is 8.39. The Morgan fingerprint density at radius 2 is 1.96 bits per heavy atom. The van der Waals surface area contributed by atoms with Gasteiger partial charge in [0, 0.05) is 11.8 Å². The second-order valence-electron chi connectivity index (χ2n) is 5.77. The van der Waals surface area contributed by atoms with Crippen molar-refractivity contribution in [1.82, 2.24) is 14.8 Å². The van der Waals surface area contributed by atoms with E-state index in [2.05, 4.69) is 21.9 Å². The molecule has 1 heterocycles. The van der Waals surface area contributed by atoms with Gasteiger partial charge in [-0.1, -0.05) is 67.5 Å². The summed E-state index contributed by atoms with van der Waals surface area (Å²) in [5, 5.41) is 15.2. The molecule has 0 radical (unpaired) electrons. The first-order valence-corrected chi connectivity index (χ1v) is 8.90. The number of nitrogens with zero attached hydrogens (tertiary/aromatic N) is 3. The summed E-state index contributed by atoms with van der Waals surface area (Å²) < 4.78 is 1.72. The minimum absolute atomic E-state index is 0.282. The highest BCUT2D eigenvalue weighted by Crippen LogP contribution is 2.24. The molecule has 0 unspecified atom stereocenters. The number of hydrogen-bond acceptors (Lipinski definition) is 4. The lowest BCUT2D eigenvalue weighted by Gasteiger charge is -2.08. The van der Waals surface area contributed by atoms with Crippen LogP contribution >= 0.6 is 12.2 Å². The maximum Gasteiger partial charge on any atom is 0.336 e. The van der Waals surface area contributed by atoms with E-state index in [0.29, 0.717) is 23.8 Å². The molecule has 0 bridgehead atoms. The third kappa shape index (κ3) is 4.27. The number of carboxylic acid groups (broad SMARTS) is 1. The van der Waals surface area contributed by atoms with E-state index in [1.165, 1.54) is 5.37 Å². The molecule has 0 amide bonds. The molecule has 3 rings (SSSR count). The van der Waals surface area contributed by atoms with Crippen molar-refractivity contribution in [3.63, 3.8) is 0 Å². The van der Waals surface area contributed by atoms with Gasteiger partial charge in [0.2, 0.25) is 5.82 Å². The van der Waals surface area contributed by atoms with Crippen LogP contribution in [0.15, 0.2) is 48.5 Å². The van der Waals surface area contributed by atoms with Gasteiger partial charge in [-0.15, -0.1) is 5.10 Å². The largest absolute Gasteiger partial charge is 0.478 e. The van der Waals surface area contributed by atoms with Gasteiger partial charge in [0.05, 0.1) is 12.1 Å². The summed E-state index contributed by atoms with van der Waals surface area (Å²) in [4.78, 5) is 15.7. The second-order valence-corrected chi connectivity index (χ2v) is 6.01. The van der Waals surface area contributed by atoms with Crippen molar-refractivity contribution in [1.29, 1.82) is 0 Å². The fraction of sp³-hybridized carbons (Fsp3) is 0.143. The minimum Gasteiger partial charge on any atom is -0.478 e. The summed E-state index contributed by atoms with van der Waals surface area (Å²) in [7, 11) is 0. The molecule has 27 heavy (non-hydrogen) atoms. The lowest BCUT2D eigenvalue weighted by molar-refractivity contribution is 0.0697. The molecule has 134 valence electrons. The maximum atomic E-state index is 11.4. The van der Waals surface area contributed by atoms with Crippen molar-refractivity contribution in [2.75, 3.05) is 0 Å². The van der Waals surface area contributed by atoms with E-state index in [-0.39, 0.29) is 5.56 Å². The van der Waals surface area contributed by atoms with Crippen LogP contribution in [0.5, 0.6) is 0 Å². The molecule has 5 nitrogen and oxygen atoms in total. The van der Waals surface area contributed by atoms with E-state index in [9.17, 15) is 9.90 Å². The standard InChI is InChI=1S/C21H17N3O2S/c1-2-3-8-20-22-19(14-27)23-24(20)13-15-9-11-16(12-10-15)17-6-4-5-7-18(17)21(25)26/h4-7,9-12,14H,2,13H2,1H3,(H,25,26). The molecule has 1 N–H and O–H groups in total. The SMILES string of the molecule is CCC#Cc1nc(C=S)nn1Cc1ccc(-c2ccccc2C(=O)O)cc1. The Balaban J connectivity index is 1.88. The molecule has 1 aromatic heterocycles. The van der Waals surface area contributed by atoms with Crippen molar-refractivity contribution in [2.24, 2.45) is 0 Å². The van der Waals surface area contributed by atoms with E-state index in [1.807, 2.05) is 37.3 Å². The van der Waals surface area contributed by atoms with Gasteiger partial charge in [-0.3, -0.25) is 0 Å². The predicted molar refractivity (Wildman–Crippen MR) is 108 cm³/mol. The molecule has 0 saturated heterocycles. The highest BCUT2D eigenvalue weighted by atomic mass is 32.1. The van der Waals surface area contributed by atoms with E-state index >= 15 is 0 Å². The number of carbonyl (C=O) groups is 1. The van der Waals surface area contributed by atoms with E-state index in [0.717, 1.165) is 17.5 Å². The molecule has 3 aromatic rings. The Morgan fingerprint density at radius 3 is 2.63 bits per heavy atom. The molecule has 0 spiro atoms. The van der Waals surface area contributed by atoms with Crippen LogP contribution in [0.2, 0.25) is 0 Å². The molecule has 6 heteroatoms. The van der Waals surface area contributed by atoms with Crippen LogP contribution in [0.4, 0.5) is 0 Å². The average molecular weight is 375 g/mol. The van der Waals surface area contributed by atoms with Crippen molar-refractivity contribution in [3.05, 3.63) is 71.3 Å². The first kappa shape index (κ1) is 18.5. The topological polar surface area (TPSA) is 68.0 Å². The summed E-state index contributed by atoms with van der Waals surface area (Å²) in [5.41, 5.74) is 2.83. The van der Waals surface area contributed by atoms with Crippen LogP contribution in [-0.4, -0.2) is 31.2 Å². The van der Waals surface area contributed by atoms with Crippen LogP contribution < -0.4 is 0 Å². The number of aromatic carboxylic acids is 1. The van der Waals surface area contributed by atoms with Gasteiger partial charge in [0.1, 0.15) is 0 Å². The third-order valence-corrected chi connectivity index (χ3v) is 4.14. The van der Waals surface area contributed by atoms with Crippen LogP contribution in [0.1, 0.15) is 40.9 Å². The quantitative estimate of drug-likeness (QED) is 0.543. The lowest BCUT2D eigenvalue weighted by Crippen LogP contribution is -2.05. The van der Waals surface area contributed by atoms with Gasteiger partial charge in [-0.2, -0.15) is 4.98 Å². The zero-order valence-corrected chi connectivity index (χ0v) is 15.5.